The Morgan fingerprint density at radius 1 is 1.21 bits per heavy atom. The van der Waals surface area contributed by atoms with Crippen LogP contribution in [0.25, 0.3) is 0 Å². The molecule has 0 aromatic rings. The molecule has 0 aliphatic rings. The van der Waals surface area contributed by atoms with Crippen LogP contribution in [0, 0.1) is 0 Å². The van der Waals surface area contributed by atoms with E-state index in [1.165, 1.54) is 0 Å². The van der Waals surface area contributed by atoms with E-state index in [-0.39, 0.29) is 18.7 Å². The normalized spacial score (nSPS) is 12.5. The third-order valence-electron chi connectivity index (χ3n) is 1.87. The second-order valence-electron chi connectivity index (χ2n) is 3.61. The monoisotopic (exact) mass is 297 g/mol. The lowest BCUT2D eigenvalue weighted by molar-refractivity contribution is -0.145. The number of carbonyl (C=O) groups excluding carboxylic acids is 1. The highest BCUT2D eigenvalue weighted by Gasteiger charge is 2.22. The van der Waals surface area contributed by atoms with Gasteiger partial charge in [-0.1, -0.05) is 0 Å². The lowest BCUT2D eigenvalue weighted by Gasteiger charge is -2.13. The predicted molar refractivity (Wildman–Crippen MR) is 62.8 cm³/mol. The first kappa shape index (κ1) is 17.1. The number of carbonyl (C=O) groups is 3. The summed E-state index contributed by atoms with van der Waals surface area (Å²) in [5.74, 6) is -3.19. The number of carboxylic acids is 2. The van der Waals surface area contributed by atoms with E-state index < -0.39 is 40.5 Å². The third kappa shape index (κ3) is 9.79. The predicted octanol–water partition coefficient (Wildman–Crippen LogP) is -2.11. The minimum absolute atomic E-state index is 0.0400. The summed E-state index contributed by atoms with van der Waals surface area (Å²) in [5, 5.41) is 25.9. The van der Waals surface area contributed by atoms with E-state index >= 15 is 0 Å². The van der Waals surface area contributed by atoms with Gasteiger partial charge in [-0.05, 0) is 6.42 Å². The Kier molecular flexibility index (Phi) is 6.79. The molecule has 0 saturated carbocycles. The lowest BCUT2D eigenvalue weighted by atomic mass is 10.2. The first-order valence-electron chi connectivity index (χ1n) is 5.11. The second-order valence-corrected chi connectivity index (χ2v) is 5.34. The highest BCUT2D eigenvalue weighted by molar-refractivity contribution is 7.89. The zero-order valence-electron chi connectivity index (χ0n) is 9.83. The van der Waals surface area contributed by atoms with Gasteiger partial charge in [0.2, 0.25) is 10.0 Å². The molecule has 10 nitrogen and oxygen atoms in total. The van der Waals surface area contributed by atoms with Crippen LogP contribution in [0.15, 0.2) is 0 Å². The number of primary sulfonamides is 1. The number of nitrogens with one attached hydrogen (secondary N) is 2. The van der Waals surface area contributed by atoms with Gasteiger partial charge in [-0.2, -0.15) is 0 Å². The fourth-order valence-corrected chi connectivity index (χ4v) is 1.61. The fourth-order valence-electron chi connectivity index (χ4n) is 1.06. The van der Waals surface area contributed by atoms with Crippen molar-refractivity contribution in [1.82, 2.24) is 10.6 Å². The molecule has 0 aromatic heterocycles. The van der Waals surface area contributed by atoms with Crippen LogP contribution in [0.5, 0.6) is 0 Å². The van der Waals surface area contributed by atoms with Crippen LogP contribution in [0.3, 0.4) is 0 Å². The average molecular weight is 297 g/mol. The molecule has 0 saturated heterocycles. The molecule has 0 aliphatic carbocycles. The molecule has 11 heteroatoms. The van der Waals surface area contributed by atoms with Crippen LogP contribution in [-0.2, 0) is 19.6 Å². The van der Waals surface area contributed by atoms with E-state index in [9.17, 15) is 22.8 Å². The summed E-state index contributed by atoms with van der Waals surface area (Å²) in [4.78, 5) is 32.2. The first-order valence-corrected chi connectivity index (χ1v) is 6.83. The van der Waals surface area contributed by atoms with Crippen molar-refractivity contribution >= 4 is 28.0 Å². The van der Waals surface area contributed by atoms with E-state index in [0.29, 0.717) is 0 Å². The van der Waals surface area contributed by atoms with Crippen LogP contribution in [0.4, 0.5) is 4.79 Å². The van der Waals surface area contributed by atoms with Gasteiger partial charge >= 0.3 is 18.0 Å². The van der Waals surface area contributed by atoms with E-state index in [4.69, 9.17) is 15.4 Å². The van der Waals surface area contributed by atoms with Gasteiger partial charge in [-0.25, -0.2) is 23.1 Å². The maximum atomic E-state index is 11.2. The van der Waals surface area contributed by atoms with Crippen LogP contribution < -0.4 is 15.8 Å². The summed E-state index contributed by atoms with van der Waals surface area (Å²) in [6, 6.07) is -2.46. The van der Waals surface area contributed by atoms with Gasteiger partial charge in [0.15, 0.2) is 0 Å². The maximum Gasteiger partial charge on any atom is 0.326 e. The molecular formula is C8H15N3O7S. The lowest BCUT2D eigenvalue weighted by Crippen LogP contribution is -2.47. The molecule has 110 valence electrons. The van der Waals surface area contributed by atoms with Gasteiger partial charge in [0.25, 0.3) is 0 Å². The van der Waals surface area contributed by atoms with Crippen LogP contribution in [-0.4, -0.2) is 54.9 Å². The van der Waals surface area contributed by atoms with E-state index in [2.05, 4.69) is 5.32 Å². The maximum absolute atomic E-state index is 11.2. The standard InChI is InChI=1S/C8H15N3O7S/c9-19(17,18)3-1-2-10-8(16)11-5(7(14)15)4-6(12)13/h5H,1-4H2,(H,12,13)(H,14,15)(H2,9,17,18)(H2,10,11,16)/t5-/m1/s1. The zero-order chi connectivity index (χ0) is 15.1. The molecule has 0 spiro atoms. The molecule has 0 rings (SSSR count). The molecule has 0 aliphatic heterocycles. The van der Waals surface area contributed by atoms with E-state index in [0.717, 1.165) is 0 Å². The fraction of sp³-hybridized carbons (Fsp3) is 0.625. The summed E-state index contributed by atoms with van der Waals surface area (Å²) in [6.45, 7) is -0.0400. The number of rotatable bonds is 8. The number of sulfonamides is 1. The number of amides is 2. The minimum atomic E-state index is -3.62. The molecular weight excluding hydrogens is 282 g/mol. The van der Waals surface area contributed by atoms with Crippen molar-refractivity contribution in [1.29, 1.82) is 0 Å². The molecule has 0 bridgehead atoms. The van der Waals surface area contributed by atoms with Crippen molar-refractivity contribution < 1.29 is 33.0 Å². The summed E-state index contributed by atoms with van der Waals surface area (Å²) in [7, 11) is -3.62. The summed E-state index contributed by atoms with van der Waals surface area (Å²) in [5.41, 5.74) is 0. The quantitative estimate of drug-likeness (QED) is 0.318. The average Bonchev–Trinajstić information content (AvgIpc) is 2.21. The van der Waals surface area contributed by atoms with E-state index in [1.807, 2.05) is 5.32 Å². The Labute approximate surface area is 109 Å². The SMILES string of the molecule is NS(=O)(=O)CCCNC(=O)N[C@H](CC(=O)O)C(=O)O. The van der Waals surface area contributed by atoms with Crippen molar-refractivity contribution in [2.45, 2.75) is 18.9 Å². The smallest absolute Gasteiger partial charge is 0.326 e. The van der Waals surface area contributed by atoms with Crippen molar-refractivity contribution in [3.63, 3.8) is 0 Å². The van der Waals surface area contributed by atoms with E-state index in [1.54, 1.807) is 0 Å². The third-order valence-corrected chi connectivity index (χ3v) is 2.73. The first-order chi connectivity index (χ1) is 8.61. The molecule has 0 unspecified atom stereocenters. The molecule has 0 radical (unpaired) electrons. The molecule has 0 heterocycles. The van der Waals surface area contributed by atoms with Gasteiger partial charge < -0.3 is 20.8 Å². The van der Waals surface area contributed by atoms with Gasteiger partial charge in [0.1, 0.15) is 6.04 Å². The topological polar surface area (TPSA) is 176 Å². The highest BCUT2D eigenvalue weighted by Crippen LogP contribution is 1.92. The highest BCUT2D eigenvalue weighted by atomic mass is 32.2. The minimum Gasteiger partial charge on any atom is -0.481 e. The molecule has 0 aromatic carbocycles. The number of aliphatic carboxylic acids is 2. The Bertz CT molecular complexity index is 447. The Morgan fingerprint density at radius 3 is 2.21 bits per heavy atom. The van der Waals surface area contributed by atoms with Crippen molar-refractivity contribution in [2.75, 3.05) is 12.3 Å². The summed E-state index contributed by atoms with van der Waals surface area (Å²) < 4.78 is 21.1. The molecule has 1 atom stereocenters. The number of carboxylic acid groups (broad SMARTS) is 2. The largest absolute Gasteiger partial charge is 0.481 e. The Hall–Kier alpha value is -1.88. The summed E-state index contributed by atoms with van der Waals surface area (Å²) >= 11 is 0. The molecule has 2 amide bonds. The summed E-state index contributed by atoms with van der Waals surface area (Å²) in [6.07, 6.45) is -0.706. The van der Waals surface area contributed by atoms with Crippen LogP contribution in [0.1, 0.15) is 12.8 Å². The number of hydrogen-bond donors (Lipinski definition) is 5. The van der Waals surface area contributed by atoms with Crippen molar-refractivity contribution in [2.24, 2.45) is 5.14 Å². The molecule has 19 heavy (non-hydrogen) atoms. The number of urea groups is 1. The van der Waals surface area contributed by atoms with Crippen molar-refractivity contribution in [3.8, 4) is 0 Å². The van der Waals surface area contributed by atoms with Crippen LogP contribution in [0.2, 0.25) is 0 Å². The van der Waals surface area contributed by atoms with Crippen LogP contribution >= 0.6 is 0 Å². The van der Waals surface area contributed by atoms with Gasteiger partial charge in [0.05, 0.1) is 12.2 Å². The molecule has 0 fully saturated rings. The number of hydrogen-bond acceptors (Lipinski definition) is 5. The Morgan fingerprint density at radius 2 is 1.79 bits per heavy atom. The Balaban J connectivity index is 4.07. The van der Waals surface area contributed by atoms with Gasteiger partial charge in [0, 0.05) is 6.54 Å². The molecule has 6 N–H and O–H groups in total. The second kappa shape index (κ2) is 7.53. The van der Waals surface area contributed by atoms with Crippen molar-refractivity contribution in [3.05, 3.63) is 0 Å². The van der Waals surface area contributed by atoms with Gasteiger partial charge in [-0.3, -0.25) is 4.79 Å². The number of nitrogens with two attached hydrogens (primary N) is 1. The zero-order valence-corrected chi connectivity index (χ0v) is 10.6. The van der Waals surface area contributed by atoms with Gasteiger partial charge in [-0.15, -0.1) is 0 Å².